The zero-order valence-electron chi connectivity index (χ0n) is 10.2. The second kappa shape index (κ2) is 7.43. The average molecular weight is 292 g/mol. The molecule has 1 saturated heterocycles. The standard InChI is InChI=1S/C12H18ClNO3S/c13-12-2-1-11(18-12)10-9-14(4-7-17-10)3-6-16-8-5-15/h1-2,10,15H,3-9H2/t10-/m0/s1. The predicted octanol–water partition coefficient (Wildman–Crippen LogP) is 1.78. The highest BCUT2D eigenvalue weighted by atomic mass is 35.5. The van der Waals surface area contributed by atoms with Gasteiger partial charge in [-0.05, 0) is 12.1 Å². The molecule has 6 heteroatoms. The second-order valence-corrected chi connectivity index (χ2v) is 5.88. The summed E-state index contributed by atoms with van der Waals surface area (Å²) < 4.78 is 11.8. The Balaban J connectivity index is 1.77. The quantitative estimate of drug-likeness (QED) is 0.812. The van der Waals surface area contributed by atoms with E-state index in [0.717, 1.165) is 30.6 Å². The lowest BCUT2D eigenvalue weighted by molar-refractivity contribution is -0.0373. The van der Waals surface area contributed by atoms with Gasteiger partial charge in [0.05, 0.1) is 30.8 Å². The molecule has 0 saturated carbocycles. The van der Waals surface area contributed by atoms with Gasteiger partial charge in [0, 0.05) is 24.5 Å². The Morgan fingerprint density at radius 3 is 3.11 bits per heavy atom. The molecule has 0 radical (unpaired) electrons. The van der Waals surface area contributed by atoms with E-state index >= 15 is 0 Å². The van der Waals surface area contributed by atoms with Crippen molar-refractivity contribution in [1.29, 1.82) is 0 Å². The Hall–Kier alpha value is -0.170. The van der Waals surface area contributed by atoms with Gasteiger partial charge in [0.1, 0.15) is 6.10 Å². The molecule has 0 aromatic carbocycles. The number of nitrogens with zero attached hydrogens (tertiary/aromatic N) is 1. The Kier molecular flexibility index (Phi) is 5.88. The molecule has 1 fully saturated rings. The van der Waals surface area contributed by atoms with Crippen LogP contribution in [0.1, 0.15) is 11.0 Å². The Bertz CT molecular complexity index is 361. The second-order valence-electron chi connectivity index (χ2n) is 4.14. The first-order chi connectivity index (χ1) is 8.79. The molecular weight excluding hydrogens is 274 g/mol. The lowest BCUT2D eigenvalue weighted by Crippen LogP contribution is -2.40. The van der Waals surface area contributed by atoms with Crippen molar-refractivity contribution in [3.05, 3.63) is 21.3 Å². The van der Waals surface area contributed by atoms with Crippen molar-refractivity contribution in [2.75, 3.05) is 46.1 Å². The third-order valence-corrected chi connectivity index (χ3v) is 4.17. The Labute approximate surface area is 116 Å². The fourth-order valence-corrected chi connectivity index (χ4v) is 3.04. The monoisotopic (exact) mass is 291 g/mol. The summed E-state index contributed by atoms with van der Waals surface area (Å²) >= 11 is 7.52. The molecule has 1 aliphatic rings. The lowest BCUT2D eigenvalue weighted by atomic mass is 10.2. The molecule has 1 aromatic heterocycles. The largest absolute Gasteiger partial charge is 0.394 e. The van der Waals surface area contributed by atoms with E-state index in [-0.39, 0.29) is 12.7 Å². The molecular formula is C12H18ClNO3S. The maximum Gasteiger partial charge on any atom is 0.104 e. The van der Waals surface area contributed by atoms with Crippen LogP contribution in [0.3, 0.4) is 0 Å². The maximum atomic E-state index is 8.63. The molecule has 18 heavy (non-hydrogen) atoms. The number of thiophene rings is 1. The van der Waals surface area contributed by atoms with Crippen LogP contribution < -0.4 is 0 Å². The topological polar surface area (TPSA) is 41.9 Å². The van der Waals surface area contributed by atoms with Crippen molar-refractivity contribution in [1.82, 2.24) is 4.90 Å². The first-order valence-electron chi connectivity index (χ1n) is 6.07. The van der Waals surface area contributed by atoms with E-state index in [0.29, 0.717) is 13.2 Å². The van der Waals surface area contributed by atoms with Gasteiger partial charge in [-0.1, -0.05) is 11.6 Å². The lowest BCUT2D eigenvalue weighted by Gasteiger charge is -2.32. The molecule has 102 valence electrons. The zero-order valence-corrected chi connectivity index (χ0v) is 11.8. The van der Waals surface area contributed by atoms with E-state index in [2.05, 4.69) is 4.90 Å². The zero-order chi connectivity index (χ0) is 12.8. The molecule has 1 N–H and O–H groups in total. The number of ether oxygens (including phenoxy) is 2. The van der Waals surface area contributed by atoms with Crippen molar-refractivity contribution < 1.29 is 14.6 Å². The van der Waals surface area contributed by atoms with Gasteiger partial charge >= 0.3 is 0 Å². The summed E-state index contributed by atoms with van der Waals surface area (Å²) in [5.41, 5.74) is 0. The number of rotatable bonds is 6. The number of aliphatic hydroxyl groups excluding tert-OH is 1. The molecule has 0 amide bonds. The SMILES string of the molecule is OCCOCCN1CCO[C@H](c2ccc(Cl)s2)C1. The molecule has 1 aliphatic heterocycles. The van der Waals surface area contributed by atoms with Crippen LogP contribution in [0.2, 0.25) is 4.34 Å². The minimum absolute atomic E-state index is 0.0828. The predicted molar refractivity (Wildman–Crippen MR) is 72.4 cm³/mol. The van der Waals surface area contributed by atoms with Crippen molar-refractivity contribution in [3.63, 3.8) is 0 Å². The van der Waals surface area contributed by atoms with Crippen molar-refractivity contribution in [2.24, 2.45) is 0 Å². The summed E-state index contributed by atoms with van der Waals surface area (Å²) in [6.45, 7) is 4.56. The van der Waals surface area contributed by atoms with Crippen molar-refractivity contribution in [3.8, 4) is 0 Å². The molecule has 0 bridgehead atoms. The van der Waals surface area contributed by atoms with E-state index in [1.54, 1.807) is 11.3 Å². The summed E-state index contributed by atoms with van der Waals surface area (Å²) in [4.78, 5) is 3.50. The fourth-order valence-electron chi connectivity index (χ4n) is 1.94. The van der Waals surface area contributed by atoms with Crippen LogP contribution >= 0.6 is 22.9 Å². The van der Waals surface area contributed by atoms with E-state index in [4.69, 9.17) is 26.2 Å². The average Bonchev–Trinajstić information content (AvgIpc) is 2.82. The number of hydrogen-bond acceptors (Lipinski definition) is 5. The molecule has 1 aromatic rings. The minimum Gasteiger partial charge on any atom is -0.394 e. The van der Waals surface area contributed by atoms with Crippen LogP contribution in [0, 0.1) is 0 Å². The minimum atomic E-state index is 0.0828. The van der Waals surface area contributed by atoms with Crippen LogP contribution in [0.25, 0.3) is 0 Å². The van der Waals surface area contributed by atoms with E-state index in [1.807, 2.05) is 12.1 Å². The van der Waals surface area contributed by atoms with Crippen LogP contribution in [0.5, 0.6) is 0 Å². The molecule has 0 unspecified atom stereocenters. The highest BCUT2D eigenvalue weighted by Crippen LogP contribution is 2.30. The first-order valence-corrected chi connectivity index (χ1v) is 7.27. The first kappa shape index (κ1) is 14.2. The molecule has 2 heterocycles. The van der Waals surface area contributed by atoms with Gasteiger partial charge in [-0.3, -0.25) is 4.90 Å². The highest BCUT2D eigenvalue weighted by molar-refractivity contribution is 7.16. The maximum absolute atomic E-state index is 8.63. The fraction of sp³-hybridized carbons (Fsp3) is 0.667. The van der Waals surface area contributed by atoms with Gasteiger partial charge in [-0.2, -0.15) is 0 Å². The summed E-state index contributed by atoms with van der Waals surface area (Å²) in [6, 6.07) is 3.94. The summed E-state index contributed by atoms with van der Waals surface area (Å²) in [5, 5.41) is 8.63. The van der Waals surface area contributed by atoms with Gasteiger partial charge in [0.2, 0.25) is 0 Å². The molecule has 2 rings (SSSR count). The van der Waals surface area contributed by atoms with Gasteiger partial charge in [0.15, 0.2) is 0 Å². The van der Waals surface area contributed by atoms with Gasteiger partial charge in [-0.25, -0.2) is 0 Å². The summed E-state index contributed by atoms with van der Waals surface area (Å²) in [5.74, 6) is 0. The van der Waals surface area contributed by atoms with Gasteiger partial charge in [-0.15, -0.1) is 11.3 Å². The summed E-state index contributed by atoms with van der Waals surface area (Å²) in [6.07, 6.45) is 0.120. The molecule has 4 nitrogen and oxygen atoms in total. The van der Waals surface area contributed by atoms with Gasteiger partial charge in [0.25, 0.3) is 0 Å². The van der Waals surface area contributed by atoms with E-state index < -0.39 is 0 Å². The molecule has 1 atom stereocenters. The Morgan fingerprint density at radius 1 is 1.50 bits per heavy atom. The third kappa shape index (κ3) is 4.19. The number of hydrogen-bond donors (Lipinski definition) is 1. The highest BCUT2D eigenvalue weighted by Gasteiger charge is 2.22. The van der Waals surface area contributed by atoms with Crippen molar-refractivity contribution >= 4 is 22.9 Å². The van der Waals surface area contributed by atoms with E-state index in [1.165, 1.54) is 4.88 Å². The molecule has 0 spiro atoms. The van der Waals surface area contributed by atoms with Crippen molar-refractivity contribution in [2.45, 2.75) is 6.10 Å². The summed E-state index contributed by atoms with van der Waals surface area (Å²) in [7, 11) is 0. The Morgan fingerprint density at radius 2 is 2.39 bits per heavy atom. The number of halogens is 1. The van der Waals surface area contributed by atoms with Crippen LogP contribution in [0.4, 0.5) is 0 Å². The van der Waals surface area contributed by atoms with Crippen LogP contribution in [0.15, 0.2) is 12.1 Å². The third-order valence-electron chi connectivity index (χ3n) is 2.85. The van der Waals surface area contributed by atoms with Crippen LogP contribution in [-0.2, 0) is 9.47 Å². The number of morpholine rings is 1. The number of aliphatic hydroxyl groups is 1. The van der Waals surface area contributed by atoms with Crippen LogP contribution in [-0.4, -0.2) is 56.1 Å². The van der Waals surface area contributed by atoms with Gasteiger partial charge < -0.3 is 14.6 Å². The molecule has 0 aliphatic carbocycles. The van der Waals surface area contributed by atoms with E-state index in [9.17, 15) is 0 Å². The smallest absolute Gasteiger partial charge is 0.104 e. The normalized spacial score (nSPS) is 21.3.